The second-order valence-electron chi connectivity index (χ2n) is 7.17. The van der Waals surface area contributed by atoms with E-state index >= 15 is 0 Å². The zero-order chi connectivity index (χ0) is 20.4. The number of carbonyl (C=O) groups is 1. The Labute approximate surface area is 168 Å². The number of carbonyl (C=O) groups excluding carboxylic acids is 1. The van der Waals surface area contributed by atoms with Crippen molar-refractivity contribution in [3.05, 3.63) is 65.0 Å². The maximum Gasteiger partial charge on any atom is 0.269 e. The first-order chi connectivity index (χ1) is 14.1. The highest BCUT2D eigenvalue weighted by Crippen LogP contribution is 2.38. The molecular formula is C20H22N6O3. The van der Waals surface area contributed by atoms with Gasteiger partial charge in [0.25, 0.3) is 5.69 Å². The molecule has 4 rings (SSSR count). The Kier molecular flexibility index (Phi) is 5.11. The van der Waals surface area contributed by atoms with E-state index in [4.69, 9.17) is 0 Å². The number of hydrogen-bond acceptors (Lipinski definition) is 7. The van der Waals surface area contributed by atoms with Gasteiger partial charge in [-0.05, 0) is 24.1 Å². The Balaban J connectivity index is 1.67. The molecule has 1 aromatic carbocycles. The molecule has 1 saturated heterocycles. The van der Waals surface area contributed by atoms with Crippen molar-refractivity contribution in [2.45, 2.75) is 12.5 Å². The van der Waals surface area contributed by atoms with E-state index in [-0.39, 0.29) is 23.6 Å². The average Bonchev–Trinajstić information content (AvgIpc) is 2.76. The van der Waals surface area contributed by atoms with Crippen LogP contribution in [0.15, 0.2) is 49.3 Å². The Hall–Kier alpha value is -3.49. The monoisotopic (exact) mass is 394 g/mol. The van der Waals surface area contributed by atoms with Crippen LogP contribution < -0.4 is 15.1 Å². The van der Waals surface area contributed by atoms with Gasteiger partial charge in [0.15, 0.2) is 0 Å². The van der Waals surface area contributed by atoms with Crippen LogP contribution in [-0.2, 0) is 11.2 Å². The molecular weight excluding hydrogens is 372 g/mol. The van der Waals surface area contributed by atoms with Gasteiger partial charge >= 0.3 is 0 Å². The highest BCUT2D eigenvalue weighted by molar-refractivity contribution is 5.82. The van der Waals surface area contributed by atoms with E-state index in [0.717, 1.165) is 11.3 Å². The van der Waals surface area contributed by atoms with E-state index in [2.05, 4.69) is 31.7 Å². The number of non-ortho nitro benzene ring substituents is 1. The molecule has 0 saturated carbocycles. The number of rotatable bonds is 5. The average molecular weight is 394 g/mol. The summed E-state index contributed by atoms with van der Waals surface area (Å²) < 4.78 is 0. The number of nitro benzene ring substituents is 1. The molecule has 1 amide bonds. The molecule has 0 bridgehead atoms. The van der Waals surface area contributed by atoms with E-state index in [1.807, 2.05) is 0 Å². The van der Waals surface area contributed by atoms with E-state index < -0.39 is 4.92 Å². The minimum absolute atomic E-state index is 0.0452. The molecule has 0 radical (unpaired) electrons. The van der Waals surface area contributed by atoms with Crippen LogP contribution in [0.5, 0.6) is 0 Å². The summed E-state index contributed by atoms with van der Waals surface area (Å²) in [6, 6.07) is 6.61. The van der Waals surface area contributed by atoms with Crippen molar-refractivity contribution in [1.82, 2.24) is 15.3 Å². The minimum atomic E-state index is -0.399. The number of nitrogens with one attached hydrogen (secondary N) is 1. The largest absolute Gasteiger partial charge is 0.364 e. The first-order valence-electron chi connectivity index (χ1n) is 9.53. The summed E-state index contributed by atoms with van der Waals surface area (Å²) in [5, 5.41) is 14.1. The maximum absolute atomic E-state index is 12.9. The number of piperazine rings is 1. The summed E-state index contributed by atoms with van der Waals surface area (Å²) in [5.74, 6) is 0.232. The number of anilines is 2. The summed E-state index contributed by atoms with van der Waals surface area (Å²) in [6.45, 7) is 6.03. The number of amides is 1. The predicted octanol–water partition coefficient (Wildman–Crippen LogP) is 1.55. The topological polar surface area (TPSA) is 104 Å². The number of hydrogen-bond donors (Lipinski definition) is 1. The van der Waals surface area contributed by atoms with Crippen LogP contribution >= 0.6 is 0 Å². The van der Waals surface area contributed by atoms with Gasteiger partial charge in [-0.1, -0.05) is 6.08 Å². The lowest BCUT2D eigenvalue weighted by Crippen LogP contribution is -2.61. The molecule has 9 heteroatoms. The Morgan fingerprint density at radius 3 is 2.86 bits per heavy atom. The van der Waals surface area contributed by atoms with Gasteiger partial charge in [0, 0.05) is 56.4 Å². The molecule has 0 spiro atoms. The standard InChI is InChI=1S/C20H22N6O3/c1-2-6-21-19(27)16-12-14-11-15(26(28)29)4-5-17(14)25-10-9-24(13-18(16)25)20-22-7-3-8-23-20/h2-5,7-8,11,16,18H,1,6,9-10,12-13H2,(H,21,27). The molecule has 150 valence electrons. The number of aromatic nitrogens is 2. The third-order valence-corrected chi connectivity index (χ3v) is 5.50. The van der Waals surface area contributed by atoms with Crippen molar-refractivity contribution in [3.8, 4) is 0 Å². The highest BCUT2D eigenvalue weighted by Gasteiger charge is 2.42. The van der Waals surface area contributed by atoms with Crippen molar-refractivity contribution < 1.29 is 9.72 Å². The Bertz CT molecular complexity index is 935. The van der Waals surface area contributed by atoms with Gasteiger partial charge in [-0.25, -0.2) is 9.97 Å². The van der Waals surface area contributed by atoms with Crippen LogP contribution in [0.4, 0.5) is 17.3 Å². The van der Waals surface area contributed by atoms with Crippen LogP contribution in [0.2, 0.25) is 0 Å². The molecule has 3 heterocycles. The zero-order valence-corrected chi connectivity index (χ0v) is 15.9. The molecule has 29 heavy (non-hydrogen) atoms. The fourth-order valence-electron chi connectivity index (χ4n) is 4.16. The molecule has 2 aromatic rings. The third kappa shape index (κ3) is 3.63. The molecule has 9 nitrogen and oxygen atoms in total. The smallest absolute Gasteiger partial charge is 0.269 e. The van der Waals surface area contributed by atoms with E-state index in [1.54, 1.807) is 36.7 Å². The summed E-state index contributed by atoms with van der Waals surface area (Å²) in [5.41, 5.74) is 1.84. The molecule has 2 aliphatic rings. The SMILES string of the molecule is C=CCNC(=O)C1Cc2cc([N+](=O)[O-])ccc2N2CCN(c3ncccn3)CC12. The fraction of sp³-hybridized carbons (Fsp3) is 0.350. The fourth-order valence-corrected chi connectivity index (χ4v) is 4.16. The van der Waals surface area contributed by atoms with Gasteiger partial charge in [0.2, 0.25) is 11.9 Å². The van der Waals surface area contributed by atoms with E-state index in [9.17, 15) is 14.9 Å². The van der Waals surface area contributed by atoms with Gasteiger partial charge in [0.1, 0.15) is 0 Å². The summed E-state index contributed by atoms with van der Waals surface area (Å²) in [4.78, 5) is 36.7. The molecule has 2 atom stereocenters. The molecule has 2 aliphatic heterocycles. The van der Waals surface area contributed by atoms with Crippen molar-refractivity contribution in [3.63, 3.8) is 0 Å². The van der Waals surface area contributed by atoms with Gasteiger partial charge < -0.3 is 15.1 Å². The zero-order valence-electron chi connectivity index (χ0n) is 15.9. The first-order valence-corrected chi connectivity index (χ1v) is 9.53. The number of fused-ring (bicyclic) bond motifs is 3. The Morgan fingerprint density at radius 2 is 2.14 bits per heavy atom. The molecule has 0 aliphatic carbocycles. The van der Waals surface area contributed by atoms with Crippen LogP contribution in [0, 0.1) is 16.0 Å². The molecule has 1 fully saturated rings. The molecule has 2 unspecified atom stereocenters. The van der Waals surface area contributed by atoms with Crippen molar-refractivity contribution in [2.24, 2.45) is 5.92 Å². The lowest BCUT2D eigenvalue weighted by atomic mass is 9.83. The van der Waals surface area contributed by atoms with Crippen LogP contribution in [0.25, 0.3) is 0 Å². The lowest BCUT2D eigenvalue weighted by molar-refractivity contribution is -0.384. The predicted molar refractivity (Wildman–Crippen MR) is 109 cm³/mol. The second-order valence-corrected chi connectivity index (χ2v) is 7.17. The van der Waals surface area contributed by atoms with Crippen LogP contribution in [-0.4, -0.2) is 53.0 Å². The summed E-state index contributed by atoms with van der Waals surface area (Å²) in [6.07, 6.45) is 5.50. The van der Waals surface area contributed by atoms with Gasteiger partial charge in [-0.15, -0.1) is 6.58 Å². The molecule has 1 aromatic heterocycles. The van der Waals surface area contributed by atoms with E-state index in [0.29, 0.717) is 38.5 Å². The lowest BCUT2D eigenvalue weighted by Gasteiger charge is -2.49. The van der Waals surface area contributed by atoms with E-state index in [1.165, 1.54) is 6.07 Å². The highest BCUT2D eigenvalue weighted by atomic mass is 16.6. The van der Waals surface area contributed by atoms with Gasteiger partial charge in [-0.2, -0.15) is 0 Å². The Morgan fingerprint density at radius 1 is 1.34 bits per heavy atom. The number of nitro groups is 1. The van der Waals surface area contributed by atoms with Crippen molar-refractivity contribution >= 4 is 23.2 Å². The van der Waals surface area contributed by atoms with Crippen molar-refractivity contribution in [1.29, 1.82) is 0 Å². The molecule has 1 N–H and O–H groups in total. The number of benzene rings is 1. The second kappa shape index (κ2) is 7.86. The third-order valence-electron chi connectivity index (χ3n) is 5.50. The van der Waals surface area contributed by atoms with Crippen molar-refractivity contribution in [2.75, 3.05) is 36.0 Å². The minimum Gasteiger partial charge on any atom is -0.364 e. The maximum atomic E-state index is 12.9. The first kappa shape index (κ1) is 18.9. The number of nitrogens with zero attached hydrogens (tertiary/aromatic N) is 5. The quantitative estimate of drug-likeness (QED) is 0.466. The van der Waals surface area contributed by atoms with Crippen LogP contribution in [0.1, 0.15) is 5.56 Å². The van der Waals surface area contributed by atoms with Gasteiger partial charge in [0.05, 0.1) is 16.9 Å². The van der Waals surface area contributed by atoms with Gasteiger partial charge in [-0.3, -0.25) is 14.9 Å². The normalized spacial score (nSPS) is 20.4. The summed E-state index contributed by atoms with van der Waals surface area (Å²) >= 11 is 0. The van der Waals surface area contributed by atoms with Crippen LogP contribution in [0.3, 0.4) is 0 Å². The summed E-state index contributed by atoms with van der Waals surface area (Å²) in [7, 11) is 0.